The first-order valence-electron chi connectivity index (χ1n) is 5.27. The second kappa shape index (κ2) is 9.06. The first-order valence-corrected chi connectivity index (χ1v) is 5.27. The quantitative estimate of drug-likeness (QED) is 0.428. The SMILES string of the molecule is C1CO1.COCCOCCOCC1CO1. The highest BCUT2D eigenvalue weighted by molar-refractivity contribution is 4.66. The van der Waals surface area contributed by atoms with Gasteiger partial charge >= 0.3 is 0 Å². The van der Waals surface area contributed by atoms with Gasteiger partial charge in [-0.05, 0) is 0 Å². The highest BCUT2D eigenvalue weighted by Gasteiger charge is 2.21. The van der Waals surface area contributed by atoms with Gasteiger partial charge in [-0.1, -0.05) is 0 Å². The summed E-state index contributed by atoms with van der Waals surface area (Å²) in [4.78, 5) is 0. The van der Waals surface area contributed by atoms with Gasteiger partial charge in [-0.2, -0.15) is 0 Å². The minimum Gasteiger partial charge on any atom is -0.382 e. The zero-order valence-electron chi connectivity index (χ0n) is 9.28. The van der Waals surface area contributed by atoms with Crippen LogP contribution in [0.15, 0.2) is 0 Å². The Bertz CT molecular complexity index is 133. The van der Waals surface area contributed by atoms with Gasteiger partial charge in [0.2, 0.25) is 0 Å². The van der Waals surface area contributed by atoms with Gasteiger partial charge in [0.15, 0.2) is 0 Å². The molecule has 0 spiro atoms. The number of ether oxygens (including phenoxy) is 5. The van der Waals surface area contributed by atoms with E-state index >= 15 is 0 Å². The number of hydrogen-bond donors (Lipinski definition) is 0. The molecule has 2 aliphatic heterocycles. The molecule has 2 rings (SSSR count). The van der Waals surface area contributed by atoms with Crippen molar-refractivity contribution in [2.45, 2.75) is 6.10 Å². The largest absolute Gasteiger partial charge is 0.382 e. The average molecular weight is 220 g/mol. The number of rotatable bonds is 8. The van der Waals surface area contributed by atoms with E-state index in [2.05, 4.69) is 4.74 Å². The predicted octanol–water partition coefficient (Wildman–Crippen LogP) is 0.0814. The molecule has 15 heavy (non-hydrogen) atoms. The molecule has 2 aliphatic rings. The van der Waals surface area contributed by atoms with Gasteiger partial charge in [0.25, 0.3) is 0 Å². The van der Waals surface area contributed by atoms with Gasteiger partial charge in [0.1, 0.15) is 6.10 Å². The molecular weight excluding hydrogens is 200 g/mol. The second-order valence-corrected chi connectivity index (χ2v) is 3.25. The lowest BCUT2D eigenvalue weighted by molar-refractivity contribution is 0.0213. The van der Waals surface area contributed by atoms with Crippen LogP contribution < -0.4 is 0 Å². The standard InChI is InChI=1S/C8H16O4.C2H4O/c1-9-2-3-10-4-5-11-6-8-7-12-8;1-2-3-1/h8H,2-7H2,1H3;1-2H2. The molecule has 0 radical (unpaired) electrons. The molecule has 1 atom stereocenters. The molecule has 0 aromatic heterocycles. The van der Waals surface area contributed by atoms with Crippen molar-refractivity contribution in [2.75, 3.05) is 60.0 Å². The summed E-state index contributed by atoms with van der Waals surface area (Å²) in [6, 6.07) is 0. The highest BCUT2D eigenvalue weighted by atomic mass is 16.6. The lowest BCUT2D eigenvalue weighted by Gasteiger charge is -2.03. The van der Waals surface area contributed by atoms with Crippen LogP contribution in [0.5, 0.6) is 0 Å². The van der Waals surface area contributed by atoms with Crippen molar-refractivity contribution >= 4 is 0 Å². The molecule has 0 aromatic carbocycles. The summed E-state index contributed by atoms with van der Waals surface area (Å²) in [5.41, 5.74) is 0. The molecule has 2 saturated heterocycles. The van der Waals surface area contributed by atoms with E-state index in [1.807, 2.05) is 0 Å². The summed E-state index contributed by atoms with van der Waals surface area (Å²) in [5, 5.41) is 0. The van der Waals surface area contributed by atoms with Crippen molar-refractivity contribution in [2.24, 2.45) is 0 Å². The normalized spacial score (nSPS) is 21.8. The van der Waals surface area contributed by atoms with Crippen molar-refractivity contribution in [1.29, 1.82) is 0 Å². The summed E-state index contributed by atoms with van der Waals surface area (Å²) in [6.07, 6.45) is 0.351. The molecule has 0 saturated carbocycles. The summed E-state index contributed by atoms with van der Waals surface area (Å²) in [6.45, 7) is 6.11. The maximum absolute atomic E-state index is 5.25. The van der Waals surface area contributed by atoms with Crippen LogP contribution in [0, 0.1) is 0 Å². The molecule has 0 bridgehead atoms. The topological polar surface area (TPSA) is 52.8 Å². The van der Waals surface area contributed by atoms with E-state index in [1.54, 1.807) is 7.11 Å². The van der Waals surface area contributed by atoms with Crippen LogP contribution in [0.4, 0.5) is 0 Å². The van der Waals surface area contributed by atoms with E-state index in [0.717, 1.165) is 19.8 Å². The first kappa shape index (κ1) is 12.9. The zero-order chi connectivity index (χ0) is 10.8. The minimum absolute atomic E-state index is 0.351. The van der Waals surface area contributed by atoms with E-state index in [0.29, 0.717) is 39.1 Å². The zero-order valence-corrected chi connectivity index (χ0v) is 9.28. The molecule has 5 heteroatoms. The van der Waals surface area contributed by atoms with Crippen molar-refractivity contribution < 1.29 is 23.7 Å². The molecule has 0 aromatic rings. The van der Waals surface area contributed by atoms with Gasteiger partial charge in [-0.15, -0.1) is 0 Å². The number of epoxide rings is 2. The number of hydrogen-bond acceptors (Lipinski definition) is 5. The first-order chi connectivity index (χ1) is 7.43. The summed E-state index contributed by atoms with van der Waals surface area (Å²) >= 11 is 0. The number of methoxy groups -OCH3 is 1. The van der Waals surface area contributed by atoms with Gasteiger partial charge < -0.3 is 23.7 Å². The summed E-state index contributed by atoms with van der Waals surface area (Å²) in [7, 11) is 1.66. The molecule has 2 fully saturated rings. The summed E-state index contributed by atoms with van der Waals surface area (Å²) in [5.74, 6) is 0. The molecule has 2 heterocycles. The molecule has 90 valence electrons. The monoisotopic (exact) mass is 220 g/mol. The van der Waals surface area contributed by atoms with Crippen LogP contribution in [-0.4, -0.2) is 66.1 Å². The van der Waals surface area contributed by atoms with Crippen molar-refractivity contribution in [3.05, 3.63) is 0 Å². The van der Waals surface area contributed by atoms with Crippen molar-refractivity contribution in [1.82, 2.24) is 0 Å². The van der Waals surface area contributed by atoms with Gasteiger partial charge in [0.05, 0.1) is 52.9 Å². The Morgan fingerprint density at radius 1 is 1.07 bits per heavy atom. The van der Waals surface area contributed by atoms with Gasteiger partial charge in [0, 0.05) is 7.11 Å². The molecule has 5 nitrogen and oxygen atoms in total. The molecule has 0 N–H and O–H groups in total. The van der Waals surface area contributed by atoms with Crippen LogP contribution in [0.25, 0.3) is 0 Å². The average Bonchev–Trinajstić information content (AvgIpc) is 3.05. The Kier molecular flexibility index (Phi) is 7.77. The van der Waals surface area contributed by atoms with Crippen molar-refractivity contribution in [3.8, 4) is 0 Å². The Labute approximate surface area is 90.6 Å². The van der Waals surface area contributed by atoms with Crippen LogP contribution in [0.1, 0.15) is 0 Å². The molecule has 0 amide bonds. The van der Waals surface area contributed by atoms with Crippen LogP contribution >= 0.6 is 0 Å². The van der Waals surface area contributed by atoms with Gasteiger partial charge in [-0.3, -0.25) is 0 Å². The van der Waals surface area contributed by atoms with E-state index in [1.165, 1.54) is 0 Å². The Balaban J connectivity index is 0.000000319. The maximum atomic E-state index is 5.25. The van der Waals surface area contributed by atoms with E-state index in [-0.39, 0.29) is 0 Å². The molecular formula is C10H20O5. The fourth-order valence-corrected chi connectivity index (χ4v) is 0.741. The van der Waals surface area contributed by atoms with Crippen LogP contribution in [0.2, 0.25) is 0 Å². The Morgan fingerprint density at radius 2 is 1.67 bits per heavy atom. The lowest BCUT2D eigenvalue weighted by Crippen LogP contribution is -2.10. The third-order valence-electron chi connectivity index (χ3n) is 1.71. The highest BCUT2D eigenvalue weighted by Crippen LogP contribution is 2.07. The Hall–Kier alpha value is -0.200. The molecule has 1 unspecified atom stereocenters. The van der Waals surface area contributed by atoms with E-state index < -0.39 is 0 Å². The second-order valence-electron chi connectivity index (χ2n) is 3.25. The lowest BCUT2D eigenvalue weighted by atomic mass is 10.5. The minimum atomic E-state index is 0.351. The van der Waals surface area contributed by atoms with Crippen molar-refractivity contribution in [3.63, 3.8) is 0 Å². The van der Waals surface area contributed by atoms with Gasteiger partial charge in [-0.25, -0.2) is 0 Å². The van der Waals surface area contributed by atoms with E-state index in [4.69, 9.17) is 18.9 Å². The predicted molar refractivity (Wildman–Crippen MR) is 54.1 cm³/mol. The Morgan fingerprint density at radius 3 is 2.20 bits per heavy atom. The molecule has 0 aliphatic carbocycles. The third-order valence-corrected chi connectivity index (χ3v) is 1.71. The fourth-order valence-electron chi connectivity index (χ4n) is 0.741. The summed E-state index contributed by atoms with van der Waals surface area (Å²) < 4.78 is 24.7. The van der Waals surface area contributed by atoms with Crippen LogP contribution in [-0.2, 0) is 23.7 Å². The fraction of sp³-hybridized carbons (Fsp3) is 1.00. The maximum Gasteiger partial charge on any atom is 0.104 e. The van der Waals surface area contributed by atoms with Crippen LogP contribution in [0.3, 0.4) is 0 Å². The van der Waals surface area contributed by atoms with E-state index in [9.17, 15) is 0 Å². The smallest absolute Gasteiger partial charge is 0.104 e. The third kappa shape index (κ3) is 11.7.